The number of carbonyl (C=O) groups excluding carboxylic acids is 1. The minimum Gasteiger partial charge on any atom is -0.447 e. The molecule has 2 heterocycles. The van der Waals surface area contributed by atoms with Crippen LogP contribution in [0.2, 0.25) is 0 Å². The summed E-state index contributed by atoms with van der Waals surface area (Å²) in [7, 11) is 0. The van der Waals surface area contributed by atoms with Gasteiger partial charge in [-0.15, -0.1) is 0 Å². The van der Waals surface area contributed by atoms with E-state index >= 15 is 0 Å². The maximum atomic E-state index is 11.9. The van der Waals surface area contributed by atoms with Crippen molar-refractivity contribution in [1.29, 1.82) is 0 Å². The molecule has 7 heteroatoms. The molecule has 0 radical (unpaired) electrons. The average Bonchev–Trinajstić information content (AvgIpc) is 3.55. The molecule has 1 N–H and O–H groups in total. The summed E-state index contributed by atoms with van der Waals surface area (Å²) >= 11 is 1.71. The highest BCUT2D eigenvalue weighted by molar-refractivity contribution is 7.07. The van der Waals surface area contributed by atoms with Crippen molar-refractivity contribution in [2.75, 3.05) is 19.8 Å². The summed E-state index contributed by atoms with van der Waals surface area (Å²) in [4.78, 5) is 11.9. The van der Waals surface area contributed by atoms with Crippen molar-refractivity contribution < 1.29 is 23.6 Å². The summed E-state index contributed by atoms with van der Waals surface area (Å²) in [6.45, 7) is 4.73. The Morgan fingerprint density at radius 3 is 2.26 bits per heavy atom. The molecule has 1 aromatic heterocycles. The second-order valence-electron chi connectivity index (χ2n) is 9.90. The molecule has 0 spiro atoms. The Labute approximate surface area is 218 Å². The number of aryl methyl sites for hydroxylation is 1. The first-order chi connectivity index (χ1) is 17.3. The molecule has 202 valence electrons. The van der Waals surface area contributed by atoms with Crippen LogP contribution in [0.3, 0.4) is 0 Å². The van der Waals surface area contributed by atoms with Crippen LogP contribution in [0.15, 0.2) is 17.1 Å². The highest BCUT2D eigenvalue weighted by Crippen LogP contribution is 2.19. The highest BCUT2D eigenvalue weighted by Gasteiger charge is 2.26. The molecule has 2 rings (SSSR count). The predicted molar refractivity (Wildman–Crippen MR) is 143 cm³/mol. The second kappa shape index (κ2) is 21.0. The Balaban J connectivity index is 1.31. The lowest BCUT2D eigenvalue weighted by atomic mass is 10.0. The van der Waals surface area contributed by atoms with Gasteiger partial charge in [0.2, 0.25) is 5.51 Å². The van der Waals surface area contributed by atoms with Crippen molar-refractivity contribution in [2.45, 2.75) is 135 Å². The van der Waals surface area contributed by atoms with E-state index in [0.29, 0.717) is 13.2 Å². The van der Waals surface area contributed by atoms with Crippen LogP contribution >= 0.6 is 11.3 Å². The van der Waals surface area contributed by atoms with Gasteiger partial charge in [0, 0.05) is 13.0 Å². The van der Waals surface area contributed by atoms with Crippen LogP contribution in [0.4, 0.5) is 4.79 Å². The fraction of sp³-hybridized carbons (Fsp3) is 0.857. The first-order valence-electron chi connectivity index (χ1n) is 14.4. The van der Waals surface area contributed by atoms with E-state index in [1.165, 1.54) is 77.0 Å². The van der Waals surface area contributed by atoms with E-state index in [-0.39, 0.29) is 25.1 Å². The van der Waals surface area contributed by atoms with Crippen molar-refractivity contribution >= 4 is 17.4 Å². The molecular formula is C28H51N2O4S+. The summed E-state index contributed by atoms with van der Waals surface area (Å²) in [6, 6.07) is 0. The Morgan fingerprint density at radius 1 is 0.943 bits per heavy atom. The number of rotatable bonds is 22. The lowest BCUT2D eigenvalue weighted by Crippen LogP contribution is -2.31. The Kier molecular flexibility index (Phi) is 18.0. The molecule has 6 nitrogen and oxygen atoms in total. The van der Waals surface area contributed by atoms with Gasteiger partial charge in [0.25, 0.3) is 0 Å². The molecule has 1 aromatic rings. The summed E-state index contributed by atoms with van der Waals surface area (Å²) < 4.78 is 19.1. The van der Waals surface area contributed by atoms with Crippen LogP contribution in [0.25, 0.3) is 0 Å². The van der Waals surface area contributed by atoms with Crippen molar-refractivity contribution in [1.82, 2.24) is 5.32 Å². The molecule has 1 aliphatic rings. The number of unbranched alkanes of at least 4 members (excludes halogenated alkanes) is 14. The molecule has 0 aromatic carbocycles. The second-order valence-corrected chi connectivity index (χ2v) is 10.7. The van der Waals surface area contributed by atoms with Gasteiger partial charge in [-0.2, -0.15) is 4.57 Å². The van der Waals surface area contributed by atoms with E-state index in [1.807, 2.05) is 0 Å². The minimum absolute atomic E-state index is 0.138. The van der Waals surface area contributed by atoms with Crippen molar-refractivity contribution in [3.63, 3.8) is 0 Å². The minimum atomic E-state index is -0.360. The van der Waals surface area contributed by atoms with Gasteiger partial charge in [-0.3, -0.25) is 0 Å². The summed E-state index contributed by atoms with van der Waals surface area (Å²) in [5.74, 6) is 0. The van der Waals surface area contributed by atoms with E-state index in [2.05, 4.69) is 33.9 Å². The summed E-state index contributed by atoms with van der Waals surface area (Å²) in [6.07, 6.45) is 23.2. The maximum Gasteiger partial charge on any atom is 0.407 e. The number of amides is 1. The lowest BCUT2D eigenvalue weighted by molar-refractivity contribution is -0.692. The zero-order valence-corrected chi connectivity index (χ0v) is 23.0. The Bertz CT molecular complexity index is 614. The number of nitrogens with zero attached hydrogens (tertiary/aromatic N) is 1. The molecule has 1 amide bonds. The monoisotopic (exact) mass is 511 g/mol. The SMILES string of the molecule is CCCCCCCCCCCCCCC[C@H]1OC[C@H](COC(=O)NCCCCC[n+]2ccsc2)O1. The largest absolute Gasteiger partial charge is 0.447 e. The van der Waals surface area contributed by atoms with Crippen molar-refractivity contribution in [3.8, 4) is 0 Å². The third-order valence-corrected chi connectivity index (χ3v) is 7.32. The molecule has 0 saturated carbocycles. The molecule has 0 unspecified atom stereocenters. The van der Waals surface area contributed by atoms with Gasteiger partial charge >= 0.3 is 6.09 Å². The van der Waals surface area contributed by atoms with E-state index in [9.17, 15) is 4.79 Å². The van der Waals surface area contributed by atoms with E-state index in [1.54, 1.807) is 11.3 Å². The van der Waals surface area contributed by atoms with Crippen molar-refractivity contribution in [3.05, 3.63) is 17.1 Å². The standard InChI is InChI=1S/C28H50N2O4S/c1-2-3-4-5-6-7-8-9-10-11-12-13-15-18-27-32-23-26(34-27)24-33-28(31)29-19-16-14-17-20-30-21-22-35-25-30/h21-22,25-27H,2-20,23-24H2,1H3/p+1/t26-,27+/m1/s1. The van der Waals surface area contributed by atoms with Crippen LogP contribution in [-0.4, -0.2) is 38.2 Å². The van der Waals surface area contributed by atoms with Crippen LogP contribution in [-0.2, 0) is 20.8 Å². The third kappa shape index (κ3) is 16.2. The molecule has 0 bridgehead atoms. The first-order valence-corrected chi connectivity index (χ1v) is 15.3. The van der Waals surface area contributed by atoms with Gasteiger partial charge < -0.3 is 19.5 Å². The molecular weight excluding hydrogens is 460 g/mol. The number of aromatic nitrogens is 1. The molecule has 0 aliphatic carbocycles. The van der Waals surface area contributed by atoms with Gasteiger partial charge in [0.15, 0.2) is 12.5 Å². The van der Waals surface area contributed by atoms with E-state index in [0.717, 1.165) is 38.6 Å². The molecule has 1 fully saturated rings. The van der Waals surface area contributed by atoms with E-state index < -0.39 is 0 Å². The molecule has 2 atom stereocenters. The number of thiazole rings is 1. The molecule has 1 aliphatic heterocycles. The number of hydrogen-bond acceptors (Lipinski definition) is 5. The summed E-state index contributed by atoms with van der Waals surface area (Å²) in [5, 5.41) is 4.91. The van der Waals surface area contributed by atoms with Gasteiger partial charge in [-0.05, 0) is 25.7 Å². The Hall–Kier alpha value is -1.18. The first kappa shape index (κ1) is 30.0. The number of ether oxygens (including phenoxy) is 3. The number of alkyl carbamates (subject to hydrolysis) is 1. The van der Waals surface area contributed by atoms with Crippen LogP contribution in [0.5, 0.6) is 0 Å². The number of nitrogens with one attached hydrogen (secondary N) is 1. The Morgan fingerprint density at radius 2 is 1.60 bits per heavy atom. The quantitative estimate of drug-likeness (QED) is 0.133. The third-order valence-electron chi connectivity index (χ3n) is 6.65. The topological polar surface area (TPSA) is 60.7 Å². The normalized spacial score (nSPS) is 17.6. The van der Waals surface area contributed by atoms with Gasteiger partial charge in [0.05, 0.1) is 12.0 Å². The average molecular weight is 512 g/mol. The fourth-order valence-electron chi connectivity index (χ4n) is 4.47. The summed E-state index contributed by atoms with van der Waals surface area (Å²) in [5.41, 5.74) is 2.12. The molecule has 35 heavy (non-hydrogen) atoms. The highest BCUT2D eigenvalue weighted by atomic mass is 32.1. The van der Waals surface area contributed by atoms with Gasteiger partial charge in [-0.1, -0.05) is 95.3 Å². The smallest absolute Gasteiger partial charge is 0.407 e. The predicted octanol–water partition coefficient (Wildman–Crippen LogP) is 7.15. The lowest BCUT2D eigenvalue weighted by Gasteiger charge is -2.12. The number of carbonyl (C=O) groups is 1. The molecule has 1 saturated heterocycles. The van der Waals surface area contributed by atoms with Crippen LogP contribution in [0, 0.1) is 0 Å². The van der Waals surface area contributed by atoms with Crippen LogP contribution < -0.4 is 9.88 Å². The van der Waals surface area contributed by atoms with Gasteiger partial charge in [-0.25, -0.2) is 4.79 Å². The van der Waals surface area contributed by atoms with Crippen molar-refractivity contribution in [2.24, 2.45) is 0 Å². The van der Waals surface area contributed by atoms with E-state index in [4.69, 9.17) is 14.2 Å². The number of hydrogen-bond donors (Lipinski definition) is 1. The van der Waals surface area contributed by atoms with Crippen LogP contribution in [0.1, 0.15) is 116 Å². The van der Waals surface area contributed by atoms with Gasteiger partial charge in [0.1, 0.15) is 19.3 Å². The zero-order valence-electron chi connectivity index (χ0n) is 22.2. The maximum absolute atomic E-state index is 11.9. The fourth-order valence-corrected chi connectivity index (χ4v) is 5.10. The zero-order chi connectivity index (χ0) is 24.8.